The Morgan fingerprint density at radius 2 is 1.89 bits per heavy atom. The standard InChI is InChI=1S/C22H13BrCl2FNO/c23-18-5-7-22(28-13-14-4-6-20(24)21(25)8-14)16(10-18)9-17(12-27)15-2-1-3-19(26)11-15/h1-11H,13H2/b17-9-. The van der Waals surface area contributed by atoms with E-state index in [1.807, 2.05) is 18.2 Å². The van der Waals surface area contributed by atoms with Gasteiger partial charge in [0.25, 0.3) is 0 Å². The fraction of sp³-hybridized carbons (Fsp3) is 0.0455. The molecule has 0 heterocycles. The fourth-order valence-electron chi connectivity index (χ4n) is 2.55. The van der Waals surface area contributed by atoms with Gasteiger partial charge in [0.15, 0.2) is 0 Å². The SMILES string of the molecule is N#C/C(=C/c1cc(Br)ccc1OCc1ccc(Cl)c(Cl)c1)c1cccc(F)c1. The minimum atomic E-state index is -0.399. The van der Waals surface area contributed by atoms with Crippen LogP contribution in [0.25, 0.3) is 11.6 Å². The molecule has 3 aromatic rings. The van der Waals surface area contributed by atoms with Gasteiger partial charge in [0.05, 0.1) is 21.7 Å². The number of halogens is 4. The second-order valence-electron chi connectivity index (χ2n) is 5.90. The number of nitrogens with zero attached hydrogens (tertiary/aromatic N) is 1. The number of hydrogen-bond donors (Lipinski definition) is 0. The molecule has 0 saturated heterocycles. The van der Waals surface area contributed by atoms with Crippen LogP contribution in [0.2, 0.25) is 10.0 Å². The van der Waals surface area contributed by atoms with E-state index in [1.165, 1.54) is 12.1 Å². The van der Waals surface area contributed by atoms with Crippen molar-refractivity contribution in [2.45, 2.75) is 6.61 Å². The highest BCUT2D eigenvalue weighted by Gasteiger charge is 2.08. The molecular weight excluding hydrogens is 464 g/mol. The third-order valence-electron chi connectivity index (χ3n) is 3.91. The molecule has 0 aliphatic heterocycles. The first-order valence-electron chi connectivity index (χ1n) is 8.20. The Morgan fingerprint density at radius 3 is 2.61 bits per heavy atom. The normalized spacial score (nSPS) is 11.2. The van der Waals surface area contributed by atoms with Crippen LogP contribution in [0, 0.1) is 17.1 Å². The maximum atomic E-state index is 13.5. The molecule has 3 rings (SSSR count). The van der Waals surface area contributed by atoms with Crippen LogP contribution in [0.5, 0.6) is 5.75 Å². The largest absolute Gasteiger partial charge is 0.488 e. The summed E-state index contributed by atoms with van der Waals surface area (Å²) < 4.78 is 20.3. The van der Waals surface area contributed by atoms with Crippen molar-refractivity contribution in [1.29, 1.82) is 5.26 Å². The van der Waals surface area contributed by atoms with E-state index in [0.29, 0.717) is 32.5 Å². The molecule has 0 unspecified atom stereocenters. The summed E-state index contributed by atoms with van der Waals surface area (Å²) in [6.45, 7) is 0.279. The molecule has 0 fully saturated rings. The van der Waals surface area contributed by atoms with E-state index in [1.54, 1.807) is 36.4 Å². The number of nitriles is 1. The lowest BCUT2D eigenvalue weighted by molar-refractivity contribution is 0.305. The smallest absolute Gasteiger partial charge is 0.127 e. The first kappa shape index (κ1) is 20.4. The number of benzene rings is 3. The van der Waals surface area contributed by atoms with Crippen molar-refractivity contribution >= 4 is 50.8 Å². The van der Waals surface area contributed by atoms with Gasteiger partial charge in [-0.3, -0.25) is 0 Å². The number of hydrogen-bond acceptors (Lipinski definition) is 2. The van der Waals surface area contributed by atoms with Crippen LogP contribution in [0.3, 0.4) is 0 Å². The van der Waals surface area contributed by atoms with Crippen LogP contribution in [0.1, 0.15) is 16.7 Å². The molecule has 0 saturated carbocycles. The van der Waals surface area contributed by atoms with Crippen LogP contribution >= 0.6 is 39.1 Å². The zero-order chi connectivity index (χ0) is 20.1. The lowest BCUT2D eigenvalue weighted by Crippen LogP contribution is -1.97. The van der Waals surface area contributed by atoms with E-state index in [4.69, 9.17) is 27.9 Å². The molecule has 0 aliphatic carbocycles. The van der Waals surface area contributed by atoms with Gasteiger partial charge in [0, 0.05) is 10.0 Å². The van der Waals surface area contributed by atoms with Gasteiger partial charge < -0.3 is 4.74 Å². The van der Waals surface area contributed by atoms with Crippen molar-refractivity contribution in [2.75, 3.05) is 0 Å². The average molecular weight is 477 g/mol. The summed E-state index contributed by atoms with van der Waals surface area (Å²) in [5, 5.41) is 10.5. The Kier molecular flexibility index (Phi) is 6.74. The van der Waals surface area contributed by atoms with Crippen molar-refractivity contribution in [1.82, 2.24) is 0 Å². The van der Waals surface area contributed by atoms with Crippen molar-refractivity contribution in [3.05, 3.63) is 97.7 Å². The molecule has 3 aromatic carbocycles. The summed E-state index contributed by atoms with van der Waals surface area (Å²) >= 11 is 15.4. The topological polar surface area (TPSA) is 33.0 Å². The van der Waals surface area contributed by atoms with Crippen LogP contribution in [0.4, 0.5) is 4.39 Å². The summed E-state index contributed by atoms with van der Waals surface area (Å²) in [7, 11) is 0. The van der Waals surface area contributed by atoms with Crippen molar-refractivity contribution < 1.29 is 9.13 Å². The predicted octanol–water partition coefficient (Wildman–Crippen LogP) is 7.54. The Bertz CT molecular complexity index is 1090. The van der Waals surface area contributed by atoms with Crippen molar-refractivity contribution in [2.24, 2.45) is 0 Å². The number of rotatable bonds is 5. The Balaban J connectivity index is 1.91. The summed E-state index contributed by atoms with van der Waals surface area (Å²) in [6.07, 6.45) is 1.67. The molecule has 0 bridgehead atoms. The molecular formula is C22H13BrCl2FNO. The third-order valence-corrected chi connectivity index (χ3v) is 5.14. The minimum absolute atomic E-state index is 0.279. The fourth-order valence-corrected chi connectivity index (χ4v) is 3.25. The molecule has 6 heteroatoms. The van der Waals surface area contributed by atoms with Crippen molar-refractivity contribution in [3.63, 3.8) is 0 Å². The quantitative estimate of drug-likeness (QED) is 0.281. The van der Waals surface area contributed by atoms with E-state index in [9.17, 15) is 9.65 Å². The van der Waals surface area contributed by atoms with E-state index >= 15 is 0 Å². The molecule has 0 aromatic heterocycles. The van der Waals surface area contributed by atoms with Gasteiger partial charge in [-0.15, -0.1) is 0 Å². The van der Waals surface area contributed by atoms with E-state index in [0.717, 1.165) is 10.0 Å². The zero-order valence-corrected chi connectivity index (χ0v) is 17.5. The Hall–Kier alpha value is -2.32. The number of ether oxygens (including phenoxy) is 1. The molecule has 0 radical (unpaired) electrons. The van der Waals surface area contributed by atoms with Gasteiger partial charge in [0.1, 0.15) is 18.2 Å². The van der Waals surface area contributed by atoms with Gasteiger partial charge >= 0.3 is 0 Å². The molecule has 140 valence electrons. The average Bonchev–Trinajstić information content (AvgIpc) is 2.68. The third kappa shape index (κ3) is 5.14. The van der Waals surface area contributed by atoms with E-state index in [2.05, 4.69) is 22.0 Å². The van der Waals surface area contributed by atoms with Gasteiger partial charge in [-0.2, -0.15) is 5.26 Å². The predicted molar refractivity (Wildman–Crippen MR) is 115 cm³/mol. The van der Waals surface area contributed by atoms with Gasteiger partial charge in [-0.25, -0.2) is 4.39 Å². The Labute approximate surface area is 180 Å². The molecule has 0 spiro atoms. The molecule has 28 heavy (non-hydrogen) atoms. The number of allylic oxidation sites excluding steroid dienone is 1. The Morgan fingerprint density at radius 1 is 1.07 bits per heavy atom. The highest BCUT2D eigenvalue weighted by Crippen LogP contribution is 2.29. The van der Waals surface area contributed by atoms with Crippen LogP contribution in [0.15, 0.2) is 65.1 Å². The zero-order valence-electron chi connectivity index (χ0n) is 14.4. The summed E-state index contributed by atoms with van der Waals surface area (Å²) in [5.41, 5.74) is 2.38. The summed E-state index contributed by atoms with van der Waals surface area (Å²) in [4.78, 5) is 0. The molecule has 0 amide bonds. The van der Waals surface area contributed by atoms with Crippen LogP contribution in [-0.4, -0.2) is 0 Å². The van der Waals surface area contributed by atoms with Gasteiger partial charge in [-0.05, 0) is 59.7 Å². The molecule has 2 nitrogen and oxygen atoms in total. The van der Waals surface area contributed by atoms with Crippen LogP contribution in [-0.2, 0) is 6.61 Å². The molecule has 0 atom stereocenters. The maximum absolute atomic E-state index is 13.5. The highest BCUT2D eigenvalue weighted by molar-refractivity contribution is 9.10. The summed E-state index contributed by atoms with van der Waals surface area (Å²) in [6, 6.07) is 18.8. The lowest BCUT2D eigenvalue weighted by Gasteiger charge is -2.11. The van der Waals surface area contributed by atoms with Crippen LogP contribution < -0.4 is 4.74 Å². The van der Waals surface area contributed by atoms with Gasteiger partial charge in [-0.1, -0.05) is 57.3 Å². The maximum Gasteiger partial charge on any atom is 0.127 e. The monoisotopic (exact) mass is 475 g/mol. The second-order valence-corrected chi connectivity index (χ2v) is 7.63. The first-order chi connectivity index (χ1) is 13.5. The minimum Gasteiger partial charge on any atom is -0.488 e. The lowest BCUT2D eigenvalue weighted by atomic mass is 10.0. The molecule has 0 aliphatic rings. The second kappa shape index (κ2) is 9.25. The molecule has 0 N–H and O–H groups in total. The van der Waals surface area contributed by atoms with Gasteiger partial charge in [0.2, 0.25) is 0 Å². The van der Waals surface area contributed by atoms with E-state index in [-0.39, 0.29) is 6.61 Å². The highest BCUT2D eigenvalue weighted by atomic mass is 79.9. The van der Waals surface area contributed by atoms with Crippen molar-refractivity contribution in [3.8, 4) is 11.8 Å². The summed E-state index contributed by atoms with van der Waals surface area (Å²) in [5.74, 6) is 0.183. The first-order valence-corrected chi connectivity index (χ1v) is 9.75. The van der Waals surface area contributed by atoms with E-state index < -0.39 is 5.82 Å².